The highest BCUT2D eigenvalue weighted by Crippen LogP contribution is 2.69. The molecular formula is C70H55N3Si. The van der Waals surface area contributed by atoms with E-state index in [9.17, 15) is 0 Å². The molecule has 1 aliphatic heterocycles. The summed E-state index contributed by atoms with van der Waals surface area (Å²) >= 11 is 0. The minimum atomic E-state index is -2.76. The van der Waals surface area contributed by atoms with Crippen molar-refractivity contribution in [3.8, 4) is 11.4 Å². The lowest BCUT2D eigenvalue weighted by molar-refractivity contribution is -0.0419. The van der Waals surface area contributed by atoms with Crippen LogP contribution < -0.4 is 25.6 Å². The molecule has 10 aromatic carbocycles. The van der Waals surface area contributed by atoms with Crippen molar-refractivity contribution >= 4 is 89.5 Å². The Kier molecular flexibility index (Phi) is 9.24. The Morgan fingerprint density at radius 2 is 0.716 bits per heavy atom. The van der Waals surface area contributed by atoms with Gasteiger partial charge < -0.3 is 14.0 Å². The van der Waals surface area contributed by atoms with E-state index in [-0.39, 0.29) is 5.41 Å². The summed E-state index contributed by atoms with van der Waals surface area (Å²) in [7, 11) is -2.76. The molecule has 4 saturated carbocycles. The third-order valence-electron chi connectivity index (χ3n) is 18.6. The second-order valence-corrected chi connectivity index (χ2v) is 25.9. The van der Waals surface area contributed by atoms with E-state index >= 15 is 0 Å². The standard InChI is InChI=1S/C70H55N3Si/c1-4-20-54(21-5-1)74(55-22-6-2-7-23-55,56-24-8-3-9-25-56)57-26-18-19-51(44-57)71-64-31-14-10-27-58(64)60-45-52(35-37-66(60)71)72-65-32-15-11-28-59(65)61-46-53(36-38-67(61)72)73-68-33-16-12-29-62(68)70(63-30-13-17-34-69(63)73)49-40-47-39-48(42-49)43-50(70)41-47/h1-38,44-50H,39-43H2/t47-,48+,49-,50?. The van der Waals surface area contributed by atoms with Gasteiger partial charge in [-0.1, -0.05) is 176 Å². The lowest BCUT2D eigenvalue weighted by Gasteiger charge is -2.64. The summed E-state index contributed by atoms with van der Waals surface area (Å²) in [5.41, 5.74) is 14.3. The quantitative estimate of drug-likeness (QED) is 0.115. The maximum atomic E-state index is 2.61. The molecule has 4 aliphatic carbocycles. The van der Waals surface area contributed by atoms with Crippen molar-refractivity contribution in [1.82, 2.24) is 9.13 Å². The molecule has 17 rings (SSSR count). The van der Waals surface area contributed by atoms with Gasteiger partial charge in [-0.3, -0.25) is 0 Å². The van der Waals surface area contributed by atoms with Crippen molar-refractivity contribution in [3.05, 3.63) is 260 Å². The summed E-state index contributed by atoms with van der Waals surface area (Å²) in [5, 5.41) is 10.5. The van der Waals surface area contributed by atoms with Crippen LogP contribution in [0.3, 0.4) is 0 Å². The third-order valence-corrected chi connectivity index (χ3v) is 23.4. The van der Waals surface area contributed by atoms with Gasteiger partial charge in [0.25, 0.3) is 0 Å². The van der Waals surface area contributed by atoms with Crippen molar-refractivity contribution in [2.75, 3.05) is 4.90 Å². The van der Waals surface area contributed by atoms with Gasteiger partial charge in [0.1, 0.15) is 0 Å². The molecule has 3 heterocycles. The summed E-state index contributed by atoms with van der Waals surface area (Å²) in [5.74, 6) is 3.23. The zero-order chi connectivity index (χ0) is 48.5. The molecule has 74 heavy (non-hydrogen) atoms. The number of fused-ring (bicyclic) bond motifs is 8. The van der Waals surface area contributed by atoms with Crippen LogP contribution in [0.5, 0.6) is 0 Å². The Morgan fingerprint density at radius 1 is 0.311 bits per heavy atom. The van der Waals surface area contributed by atoms with Crippen LogP contribution >= 0.6 is 0 Å². The molecule has 5 aliphatic rings. The second kappa shape index (κ2) is 16.2. The predicted molar refractivity (Wildman–Crippen MR) is 311 cm³/mol. The van der Waals surface area contributed by atoms with Gasteiger partial charge in [0.2, 0.25) is 0 Å². The van der Waals surface area contributed by atoms with E-state index < -0.39 is 8.07 Å². The number of rotatable bonds is 7. The molecule has 4 bridgehead atoms. The summed E-state index contributed by atoms with van der Waals surface area (Å²) in [6.45, 7) is 0. The number of benzene rings is 10. The fraction of sp³-hybridized carbons (Fsp3) is 0.143. The molecule has 3 nitrogen and oxygen atoms in total. The van der Waals surface area contributed by atoms with Gasteiger partial charge in [-0.15, -0.1) is 0 Å². The van der Waals surface area contributed by atoms with Crippen molar-refractivity contribution in [2.24, 2.45) is 23.7 Å². The van der Waals surface area contributed by atoms with E-state index in [2.05, 4.69) is 263 Å². The molecule has 4 fully saturated rings. The molecule has 0 unspecified atom stereocenters. The smallest absolute Gasteiger partial charge is 0.179 e. The van der Waals surface area contributed by atoms with Gasteiger partial charge >= 0.3 is 0 Å². The van der Waals surface area contributed by atoms with Gasteiger partial charge in [0.15, 0.2) is 8.07 Å². The number of anilines is 3. The predicted octanol–water partition coefficient (Wildman–Crippen LogP) is 14.8. The zero-order valence-corrected chi connectivity index (χ0v) is 42.4. The van der Waals surface area contributed by atoms with Gasteiger partial charge in [0, 0.05) is 44.0 Å². The SMILES string of the molecule is c1ccc([Si](c2ccccc2)(c2ccccc2)c2cccc(-n3c4ccccc4c4cc(-n5c6ccccc6c6cc(N7c8ccccc8C8(c9ccccc97)C7C[C@H]9C[C@@H](C7)C[C@@H]8C9)ccc65)ccc43)c2)cc1. The normalized spacial score (nSPS) is 19.4. The molecule has 0 saturated heterocycles. The average molecular weight is 966 g/mol. The van der Waals surface area contributed by atoms with Crippen LogP contribution in [0.1, 0.15) is 43.2 Å². The fourth-order valence-corrected chi connectivity index (χ4v) is 20.9. The van der Waals surface area contributed by atoms with Crippen LogP contribution in [0.2, 0.25) is 0 Å². The number of para-hydroxylation sites is 4. The Morgan fingerprint density at radius 3 is 1.24 bits per heavy atom. The Labute approximate surface area is 433 Å². The Bertz CT molecular complexity index is 3990. The topological polar surface area (TPSA) is 13.1 Å². The van der Waals surface area contributed by atoms with Crippen LogP contribution in [-0.4, -0.2) is 17.2 Å². The van der Waals surface area contributed by atoms with Crippen molar-refractivity contribution in [3.63, 3.8) is 0 Å². The third kappa shape index (κ3) is 5.83. The number of nitrogens with zero attached hydrogens (tertiary/aromatic N) is 3. The monoisotopic (exact) mass is 965 g/mol. The lowest BCUT2D eigenvalue weighted by Crippen LogP contribution is -2.74. The van der Waals surface area contributed by atoms with E-state index in [1.807, 2.05) is 0 Å². The Hall–Kier alpha value is -8.18. The largest absolute Gasteiger partial charge is 0.310 e. The number of hydrogen-bond donors (Lipinski definition) is 0. The Balaban J connectivity index is 0.853. The maximum Gasteiger partial charge on any atom is 0.179 e. The molecule has 0 N–H and O–H groups in total. The highest BCUT2D eigenvalue weighted by atomic mass is 28.3. The van der Waals surface area contributed by atoms with Gasteiger partial charge in [-0.05, 0) is 160 Å². The lowest BCUT2D eigenvalue weighted by atomic mass is 9.41. The summed E-state index contributed by atoms with van der Waals surface area (Å²) in [6, 6.07) is 94.6. The van der Waals surface area contributed by atoms with Crippen LogP contribution in [0.15, 0.2) is 249 Å². The molecule has 1 spiro atoms. The average Bonchev–Trinajstić information content (AvgIpc) is 3.98. The van der Waals surface area contributed by atoms with Crippen LogP contribution in [0.4, 0.5) is 17.1 Å². The highest BCUT2D eigenvalue weighted by Gasteiger charge is 2.61. The first-order valence-corrected chi connectivity index (χ1v) is 29.0. The zero-order valence-electron chi connectivity index (χ0n) is 41.4. The molecule has 0 amide bonds. The molecule has 354 valence electrons. The van der Waals surface area contributed by atoms with Crippen molar-refractivity contribution < 1.29 is 0 Å². The highest BCUT2D eigenvalue weighted by molar-refractivity contribution is 7.19. The molecule has 2 aromatic heterocycles. The summed E-state index contributed by atoms with van der Waals surface area (Å²) in [4.78, 5) is 2.61. The van der Waals surface area contributed by atoms with E-state index in [4.69, 9.17) is 0 Å². The van der Waals surface area contributed by atoms with Crippen LogP contribution in [-0.2, 0) is 5.41 Å². The van der Waals surface area contributed by atoms with Gasteiger partial charge in [-0.25, -0.2) is 0 Å². The van der Waals surface area contributed by atoms with Crippen LogP contribution in [0, 0.1) is 23.7 Å². The second-order valence-electron chi connectivity index (χ2n) is 22.0. The minimum Gasteiger partial charge on any atom is -0.310 e. The number of hydrogen-bond acceptors (Lipinski definition) is 1. The first-order valence-electron chi connectivity index (χ1n) is 27.0. The summed E-state index contributed by atoms with van der Waals surface area (Å²) in [6.07, 6.45) is 6.96. The first-order chi connectivity index (χ1) is 36.7. The molecule has 0 radical (unpaired) electrons. The molecular weight excluding hydrogens is 911 g/mol. The van der Waals surface area contributed by atoms with Crippen molar-refractivity contribution in [1.29, 1.82) is 0 Å². The van der Waals surface area contributed by atoms with Gasteiger partial charge in [0.05, 0.1) is 33.4 Å². The molecule has 4 heteroatoms. The number of aromatic nitrogens is 2. The van der Waals surface area contributed by atoms with Gasteiger partial charge in [-0.2, -0.15) is 0 Å². The van der Waals surface area contributed by atoms with Crippen LogP contribution in [0.25, 0.3) is 55.0 Å². The maximum absolute atomic E-state index is 2.76. The summed E-state index contributed by atoms with van der Waals surface area (Å²) < 4.78 is 5.00. The fourth-order valence-electron chi connectivity index (χ4n) is 16.1. The molecule has 12 aromatic rings. The van der Waals surface area contributed by atoms with E-state index in [1.54, 1.807) is 11.1 Å². The molecule has 0 atom stereocenters. The first kappa shape index (κ1) is 42.3. The van der Waals surface area contributed by atoms with E-state index in [1.165, 1.54) is 119 Å². The van der Waals surface area contributed by atoms with Crippen molar-refractivity contribution in [2.45, 2.75) is 37.5 Å². The van der Waals surface area contributed by atoms with E-state index in [0.29, 0.717) is 11.8 Å². The van der Waals surface area contributed by atoms with E-state index in [0.717, 1.165) is 17.5 Å². The minimum absolute atomic E-state index is 0.0839.